The molecule has 1 atom stereocenters. The fourth-order valence-corrected chi connectivity index (χ4v) is 2.84. The Hall–Kier alpha value is -0.910. The van der Waals surface area contributed by atoms with Crippen LogP contribution in [0.25, 0.3) is 0 Å². The minimum atomic E-state index is 0.574. The lowest BCUT2D eigenvalue weighted by Crippen LogP contribution is -2.41. The molecule has 1 aromatic heterocycles. The van der Waals surface area contributed by atoms with Gasteiger partial charge in [0.25, 0.3) is 0 Å². The van der Waals surface area contributed by atoms with Crippen LogP contribution in [0.3, 0.4) is 0 Å². The number of hydrogen-bond donors (Lipinski definition) is 0. The Morgan fingerprint density at radius 3 is 2.72 bits per heavy atom. The Morgan fingerprint density at radius 1 is 1.11 bits per heavy atom. The van der Waals surface area contributed by atoms with Crippen molar-refractivity contribution in [2.75, 3.05) is 52.5 Å². The van der Waals surface area contributed by atoms with Crippen molar-refractivity contribution in [3.8, 4) is 0 Å². The maximum Gasteiger partial charge on any atom is 0.0658 e. The van der Waals surface area contributed by atoms with E-state index in [0.717, 1.165) is 32.8 Å². The molecule has 5 heteroatoms. The highest BCUT2D eigenvalue weighted by Crippen LogP contribution is 2.20. The van der Waals surface area contributed by atoms with Gasteiger partial charge in [-0.05, 0) is 12.5 Å². The van der Waals surface area contributed by atoms with Gasteiger partial charge in [-0.1, -0.05) is 0 Å². The summed E-state index contributed by atoms with van der Waals surface area (Å²) in [5.41, 5.74) is 0. The maximum absolute atomic E-state index is 5.37. The normalized spacial score (nSPS) is 26.8. The molecule has 100 valence electrons. The van der Waals surface area contributed by atoms with E-state index in [0.29, 0.717) is 6.04 Å². The molecule has 3 rings (SSSR count). The van der Waals surface area contributed by atoms with Gasteiger partial charge in [0.2, 0.25) is 0 Å². The van der Waals surface area contributed by atoms with E-state index in [-0.39, 0.29) is 0 Å². The molecule has 1 aromatic rings. The Kier molecular flexibility index (Phi) is 3.93. The van der Waals surface area contributed by atoms with E-state index in [4.69, 9.17) is 4.74 Å². The molecule has 0 aliphatic carbocycles. The SMILES string of the molecule is c1cnn(C2CCN(CCN3CCOCC3)C2)c1. The zero-order chi connectivity index (χ0) is 12.2. The minimum Gasteiger partial charge on any atom is -0.379 e. The van der Waals surface area contributed by atoms with Crippen LogP contribution in [-0.4, -0.2) is 72.1 Å². The Morgan fingerprint density at radius 2 is 1.94 bits per heavy atom. The molecule has 0 spiro atoms. The first-order valence-corrected chi connectivity index (χ1v) is 6.93. The third-order valence-electron chi connectivity index (χ3n) is 3.98. The summed E-state index contributed by atoms with van der Waals surface area (Å²) in [7, 11) is 0. The molecule has 0 radical (unpaired) electrons. The average molecular weight is 250 g/mol. The zero-order valence-electron chi connectivity index (χ0n) is 10.9. The first-order valence-electron chi connectivity index (χ1n) is 6.93. The molecule has 0 amide bonds. The molecule has 1 unspecified atom stereocenters. The van der Waals surface area contributed by atoms with Crippen molar-refractivity contribution in [1.29, 1.82) is 0 Å². The fourth-order valence-electron chi connectivity index (χ4n) is 2.84. The van der Waals surface area contributed by atoms with Crippen molar-refractivity contribution in [2.24, 2.45) is 0 Å². The molecule has 2 fully saturated rings. The largest absolute Gasteiger partial charge is 0.379 e. The minimum absolute atomic E-state index is 0.574. The summed E-state index contributed by atoms with van der Waals surface area (Å²) in [6.45, 7) is 8.69. The van der Waals surface area contributed by atoms with Crippen molar-refractivity contribution in [3.63, 3.8) is 0 Å². The van der Waals surface area contributed by atoms with Gasteiger partial charge in [-0.25, -0.2) is 0 Å². The number of morpholine rings is 1. The number of likely N-dealkylation sites (tertiary alicyclic amines) is 1. The molecule has 18 heavy (non-hydrogen) atoms. The molecule has 2 saturated heterocycles. The third kappa shape index (κ3) is 2.91. The van der Waals surface area contributed by atoms with E-state index in [9.17, 15) is 0 Å². The summed E-state index contributed by atoms with van der Waals surface area (Å²) < 4.78 is 7.48. The number of ether oxygens (including phenoxy) is 1. The lowest BCUT2D eigenvalue weighted by atomic mass is 10.3. The number of aromatic nitrogens is 2. The summed E-state index contributed by atoms with van der Waals surface area (Å²) in [5, 5.41) is 4.35. The van der Waals surface area contributed by atoms with Crippen LogP contribution in [0.4, 0.5) is 0 Å². The van der Waals surface area contributed by atoms with Crippen molar-refractivity contribution in [3.05, 3.63) is 18.5 Å². The van der Waals surface area contributed by atoms with Gasteiger partial charge in [0.15, 0.2) is 0 Å². The number of nitrogens with zero attached hydrogens (tertiary/aromatic N) is 4. The van der Waals surface area contributed by atoms with Gasteiger partial charge in [-0.2, -0.15) is 5.10 Å². The first kappa shape index (κ1) is 12.1. The van der Waals surface area contributed by atoms with E-state index in [1.807, 2.05) is 12.3 Å². The van der Waals surface area contributed by atoms with Gasteiger partial charge in [0.1, 0.15) is 0 Å². The van der Waals surface area contributed by atoms with E-state index in [2.05, 4.69) is 25.8 Å². The summed E-state index contributed by atoms with van der Waals surface area (Å²) in [5.74, 6) is 0. The molecular weight excluding hydrogens is 228 g/mol. The highest BCUT2D eigenvalue weighted by molar-refractivity contribution is 4.86. The fraction of sp³-hybridized carbons (Fsp3) is 0.769. The monoisotopic (exact) mass is 250 g/mol. The quantitative estimate of drug-likeness (QED) is 0.777. The van der Waals surface area contributed by atoms with Crippen LogP contribution in [0.5, 0.6) is 0 Å². The summed E-state index contributed by atoms with van der Waals surface area (Å²) >= 11 is 0. The zero-order valence-corrected chi connectivity index (χ0v) is 10.9. The highest BCUT2D eigenvalue weighted by atomic mass is 16.5. The van der Waals surface area contributed by atoms with Crippen molar-refractivity contribution >= 4 is 0 Å². The molecule has 5 nitrogen and oxygen atoms in total. The molecule has 2 aliphatic heterocycles. The standard InChI is InChI=1S/C13H22N4O/c1-3-14-17(4-1)13-2-5-16(12-13)7-6-15-8-10-18-11-9-15/h1,3-4,13H,2,5-12H2. The van der Waals surface area contributed by atoms with Crippen LogP contribution in [0.2, 0.25) is 0 Å². The van der Waals surface area contributed by atoms with Crippen molar-refractivity contribution in [2.45, 2.75) is 12.5 Å². The number of rotatable bonds is 4. The Labute approximate surface area is 108 Å². The van der Waals surface area contributed by atoms with E-state index in [1.165, 1.54) is 26.1 Å². The molecule has 3 heterocycles. The number of hydrogen-bond acceptors (Lipinski definition) is 4. The summed E-state index contributed by atoms with van der Waals surface area (Å²) in [6.07, 6.45) is 5.18. The second-order valence-corrected chi connectivity index (χ2v) is 5.18. The predicted octanol–water partition coefficient (Wildman–Crippen LogP) is 0.462. The van der Waals surface area contributed by atoms with Crippen molar-refractivity contribution in [1.82, 2.24) is 19.6 Å². The second kappa shape index (κ2) is 5.82. The average Bonchev–Trinajstić information content (AvgIpc) is 3.08. The van der Waals surface area contributed by atoms with Crippen LogP contribution < -0.4 is 0 Å². The molecule has 0 N–H and O–H groups in total. The van der Waals surface area contributed by atoms with Gasteiger partial charge in [-0.3, -0.25) is 14.5 Å². The lowest BCUT2D eigenvalue weighted by Gasteiger charge is -2.28. The highest BCUT2D eigenvalue weighted by Gasteiger charge is 2.24. The van der Waals surface area contributed by atoms with Crippen LogP contribution in [-0.2, 0) is 4.74 Å². The van der Waals surface area contributed by atoms with E-state index < -0.39 is 0 Å². The van der Waals surface area contributed by atoms with Gasteiger partial charge in [0.05, 0.1) is 19.3 Å². The maximum atomic E-state index is 5.37. The van der Waals surface area contributed by atoms with E-state index in [1.54, 1.807) is 0 Å². The second-order valence-electron chi connectivity index (χ2n) is 5.18. The molecule has 2 aliphatic rings. The predicted molar refractivity (Wildman–Crippen MR) is 69.6 cm³/mol. The van der Waals surface area contributed by atoms with Gasteiger partial charge in [0, 0.05) is 51.7 Å². The van der Waals surface area contributed by atoms with Crippen LogP contribution in [0, 0.1) is 0 Å². The Bertz CT molecular complexity index is 348. The van der Waals surface area contributed by atoms with Gasteiger partial charge >= 0.3 is 0 Å². The van der Waals surface area contributed by atoms with Crippen LogP contribution in [0.15, 0.2) is 18.5 Å². The Balaban J connectivity index is 1.42. The summed E-state index contributed by atoms with van der Waals surface area (Å²) in [4.78, 5) is 5.06. The molecule has 0 bridgehead atoms. The van der Waals surface area contributed by atoms with Crippen LogP contribution >= 0.6 is 0 Å². The third-order valence-corrected chi connectivity index (χ3v) is 3.98. The van der Waals surface area contributed by atoms with Gasteiger partial charge < -0.3 is 4.74 Å². The van der Waals surface area contributed by atoms with Gasteiger partial charge in [-0.15, -0.1) is 0 Å². The van der Waals surface area contributed by atoms with Crippen molar-refractivity contribution < 1.29 is 4.74 Å². The summed E-state index contributed by atoms with van der Waals surface area (Å²) in [6, 6.07) is 2.58. The smallest absolute Gasteiger partial charge is 0.0658 e. The van der Waals surface area contributed by atoms with Crippen LogP contribution in [0.1, 0.15) is 12.5 Å². The topological polar surface area (TPSA) is 33.5 Å². The lowest BCUT2D eigenvalue weighted by molar-refractivity contribution is 0.0342. The molecule has 0 aromatic carbocycles. The molecule has 0 saturated carbocycles. The first-order chi connectivity index (χ1) is 8.92. The molecular formula is C13H22N4O. The van der Waals surface area contributed by atoms with E-state index >= 15 is 0 Å².